The summed E-state index contributed by atoms with van der Waals surface area (Å²) >= 11 is 0. The number of ketones is 1. The first-order valence-electron chi connectivity index (χ1n) is 4.19. The van der Waals surface area contributed by atoms with Crippen LogP contribution in [0.25, 0.3) is 6.08 Å². The summed E-state index contributed by atoms with van der Waals surface area (Å²) < 4.78 is 5.07. The Morgan fingerprint density at radius 3 is 3.00 bits per heavy atom. The second kappa shape index (κ2) is 3.05. The number of carbonyl (C=O) groups is 1. The SMILES string of the molecule is COc1ccc2c(c1)C=CCC2=O. The Balaban J connectivity index is 2.53. The zero-order valence-electron chi connectivity index (χ0n) is 7.41. The van der Waals surface area contributed by atoms with E-state index < -0.39 is 0 Å². The first-order chi connectivity index (χ1) is 6.31. The van der Waals surface area contributed by atoms with Crippen molar-refractivity contribution in [2.24, 2.45) is 0 Å². The van der Waals surface area contributed by atoms with Crippen LogP contribution in [0, 0.1) is 0 Å². The molecule has 2 heteroatoms. The molecule has 0 amide bonds. The van der Waals surface area contributed by atoms with Gasteiger partial charge in [0, 0.05) is 12.0 Å². The molecule has 0 fully saturated rings. The van der Waals surface area contributed by atoms with Gasteiger partial charge >= 0.3 is 0 Å². The summed E-state index contributed by atoms with van der Waals surface area (Å²) in [7, 11) is 1.62. The molecule has 0 bridgehead atoms. The molecule has 2 rings (SSSR count). The maximum Gasteiger partial charge on any atom is 0.167 e. The van der Waals surface area contributed by atoms with Gasteiger partial charge < -0.3 is 4.74 Å². The van der Waals surface area contributed by atoms with E-state index in [1.54, 1.807) is 7.11 Å². The highest BCUT2D eigenvalue weighted by atomic mass is 16.5. The smallest absolute Gasteiger partial charge is 0.167 e. The summed E-state index contributed by atoms with van der Waals surface area (Å²) in [6.07, 6.45) is 4.35. The van der Waals surface area contributed by atoms with Gasteiger partial charge in [0.05, 0.1) is 7.11 Å². The third kappa shape index (κ3) is 1.35. The number of Topliss-reactive ketones (excluding diaryl/α,β-unsaturated/α-hetero) is 1. The fourth-order valence-corrected chi connectivity index (χ4v) is 1.46. The Morgan fingerprint density at radius 1 is 1.38 bits per heavy atom. The second-order valence-corrected chi connectivity index (χ2v) is 2.98. The van der Waals surface area contributed by atoms with Gasteiger partial charge in [-0.1, -0.05) is 12.2 Å². The fraction of sp³-hybridized carbons (Fsp3) is 0.182. The number of methoxy groups -OCH3 is 1. The van der Waals surface area contributed by atoms with Crippen LogP contribution in [0.5, 0.6) is 5.75 Å². The van der Waals surface area contributed by atoms with Gasteiger partial charge in [0.25, 0.3) is 0 Å². The molecule has 0 unspecified atom stereocenters. The Bertz CT molecular complexity index is 378. The van der Waals surface area contributed by atoms with Crippen molar-refractivity contribution in [2.45, 2.75) is 6.42 Å². The molecule has 0 saturated heterocycles. The van der Waals surface area contributed by atoms with Gasteiger partial charge in [0.15, 0.2) is 5.78 Å². The Hall–Kier alpha value is -1.57. The highest BCUT2D eigenvalue weighted by Crippen LogP contribution is 2.23. The lowest BCUT2D eigenvalue weighted by Crippen LogP contribution is -2.03. The molecule has 0 radical (unpaired) electrons. The van der Waals surface area contributed by atoms with Gasteiger partial charge in [-0.25, -0.2) is 0 Å². The fourth-order valence-electron chi connectivity index (χ4n) is 1.46. The van der Waals surface area contributed by atoms with Crippen LogP contribution in [0.15, 0.2) is 24.3 Å². The Morgan fingerprint density at radius 2 is 2.23 bits per heavy atom. The van der Waals surface area contributed by atoms with Crippen molar-refractivity contribution < 1.29 is 9.53 Å². The molecule has 0 atom stereocenters. The first-order valence-corrected chi connectivity index (χ1v) is 4.19. The van der Waals surface area contributed by atoms with Gasteiger partial charge in [-0.2, -0.15) is 0 Å². The van der Waals surface area contributed by atoms with Gasteiger partial charge in [-0.15, -0.1) is 0 Å². The van der Waals surface area contributed by atoms with Crippen molar-refractivity contribution in [1.29, 1.82) is 0 Å². The molecule has 13 heavy (non-hydrogen) atoms. The van der Waals surface area contributed by atoms with E-state index in [9.17, 15) is 4.79 Å². The van der Waals surface area contributed by atoms with Gasteiger partial charge in [-0.05, 0) is 23.8 Å². The number of allylic oxidation sites excluding steroid dienone is 1. The van der Waals surface area contributed by atoms with Crippen LogP contribution in [0.1, 0.15) is 22.3 Å². The zero-order valence-corrected chi connectivity index (χ0v) is 7.41. The van der Waals surface area contributed by atoms with E-state index in [0.29, 0.717) is 6.42 Å². The van der Waals surface area contributed by atoms with E-state index in [1.165, 1.54) is 0 Å². The number of rotatable bonds is 1. The summed E-state index contributed by atoms with van der Waals surface area (Å²) in [4.78, 5) is 11.4. The lowest BCUT2D eigenvalue weighted by Gasteiger charge is -2.10. The van der Waals surface area contributed by atoms with Crippen LogP contribution in [-0.2, 0) is 0 Å². The van der Waals surface area contributed by atoms with E-state index in [4.69, 9.17) is 4.74 Å². The summed E-state index contributed by atoms with van der Waals surface area (Å²) in [5.41, 5.74) is 1.75. The number of hydrogen-bond acceptors (Lipinski definition) is 2. The number of hydrogen-bond donors (Lipinski definition) is 0. The largest absolute Gasteiger partial charge is 0.497 e. The molecule has 0 N–H and O–H groups in total. The molecular weight excluding hydrogens is 164 g/mol. The molecule has 0 aliphatic heterocycles. The summed E-state index contributed by atoms with van der Waals surface area (Å²) in [6, 6.07) is 5.51. The highest BCUT2D eigenvalue weighted by Gasteiger charge is 2.12. The summed E-state index contributed by atoms with van der Waals surface area (Å²) in [6.45, 7) is 0. The van der Waals surface area contributed by atoms with Crippen LogP contribution >= 0.6 is 0 Å². The number of ether oxygens (including phenoxy) is 1. The van der Waals surface area contributed by atoms with Crippen LogP contribution in [0.2, 0.25) is 0 Å². The first kappa shape index (κ1) is 8.05. The van der Waals surface area contributed by atoms with Crippen molar-refractivity contribution >= 4 is 11.9 Å². The molecule has 0 spiro atoms. The molecule has 1 aromatic carbocycles. The molecule has 2 nitrogen and oxygen atoms in total. The maximum atomic E-state index is 11.4. The molecule has 0 aromatic heterocycles. The van der Waals surface area contributed by atoms with Gasteiger partial charge in [0.2, 0.25) is 0 Å². The van der Waals surface area contributed by atoms with E-state index in [1.807, 2.05) is 30.4 Å². The predicted molar refractivity (Wildman–Crippen MR) is 51.0 cm³/mol. The average Bonchev–Trinajstić information content (AvgIpc) is 2.18. The van der Waals surface area contributed by atoms with E-state index in [0.717, 1.165) is 16.9 Å². The van der Waals surface area contributed by atoms with Crippen LogP contribution in [0.4, 0.5) is 0 Å². The van der Waals surface area contributed by atoms with Crippen LogP contribution < -0.4 is 4.74 Å². The normalized spacial score (nSPS) is 14.1. The molecule has 1 aliphatic carbocycles. The van der Waals surface area contributed by atoms with E-state index in [-0.39, 0.29) is 5.78 Å². The quantitative estimate of drug-likeness (QED) is 0.653. The minimum absolute atomic E-state index is 0.181. The highest BCUT2D eigenvalue weighted by molar-refractivity contribution is 6.02. The summed E-state index contributed by atoms with van der Waals surface area (Å²) in [5, 5.41) is 0. The van der Waals surface area contributed by atoms with Crippen molar-refractivity contribution in [3.8, 4) is 5.75 Å². The molecule has 1 aliphatic rings. The average molecular weight is 174 g/mol. The predicted octanol–water partition coefficient (Wildman–Crippen LogP) is 2.29. The molecule has 1 aromatic rings. The maximum absolute atomic E-state index is 11.4. The minimum atomic E-state index is 0.181. The lowest BCUT2D eigenvalue weighted by atomic mass is 9.96. The monoisotopic (exact) mass is 174 g/mol. The number of fused-ring (bicyclic) bond motifs is 1. The standard InChI is InChI=1S/C11H10O2/c1-13-9-5-6-10-8(7-9)3-2-4-11(10)12/h2-3,5-7H,4H2,1H3. The molecule has 0 saturated carbocycles. The molecule has 66 valence electrons. The molecular formula is C11H10O2. The van der Waals surface area contributed by atoms with E-state index >= 15 is 0 Å². The van der Waals surface area contributed by atoms with Gasteiger partial charge in [0.1, 0.15) is 5.75 Å². The van der Waals surface area contributed by atoms with Crippen LogP contribution in [0.3, 0.4) is 0 Å². The lowest BCUT2D eigenvalue weighted by molar-refractivity contribution is 0.0994. The third-order valence-electron chi connectivity index (χ3n) is 2.16. The number of benzene rings is 1. The van der Waals surface area contributed by atoms with Crippen molar-refractivity contribution in [3.63, 3.8) is 0 Å². The minimum Gasteiger partial charge on any atom is -0.497 e. The topological polar surface area (TPSA) is 26.3 Å². The Kier molecular flexibility index (Phi) is 1.89. The summed E-state index contributed by atoms with van der Waals surface area (Å²) in [5.74, 6) is 0.971. The molecule has 0 heterocycles. The zero-order chi connectivity index (χ0) is 9.26. The van der Waals surface area contributed by atoms with Crippen molar-refractivity contribution in [3.05, 3.63) is 35.4 Å². The van der Waals surface area contributed by atoms with Crippen molar-refractivity contribution in [1.82, 2.24) is 0 Å². The Labute approximate surface area is 76.8 Å². The van der Waals surface area contributed by atoms with Crippen molar-refractivity contribution in [2.75, 3.05) is 7.11 Å². The third-order valence-corrected chi connectivity index (χ3v) is 2.16. The van der Waals surface area contributed by atoms with E-state index in [2.05, 4.69) is 0 Å². The number of carbonyl (C=O) groups excluding carboxylic acids is 1. The van der Waals surface area contributed by atoms with Crippen LogP contribution in [-0.4, -0.2) is 12.9 Å². The second-order valence-electron chi connectivity index (χ2n) is 2.98. The van der Waals surface area contributed by atoms with Gasteiger partial charge in [-0.3, -0.25) is 4.79 Å².